The molecule has 8 heteroatoms. The topological polar surface area (TPSA) is 71.8 Å². The number of pyridine rings is 1. The first-order valence-corrected chi connectivity index (χ1v) is 4.08. The van der Waals surface area contributed by atoms with Gasteiger partial charge in [-0.15, -0.1) is 0 Å². The average molecular weight is 231 g/mol. The number of hydrogen-bond donors (Lipinski definition) is 1. The predicted molar refractivity (Wildman–Crippen MR) is 47.8 cm³/mol. The third kappa shape index (κ3) is 1.58. The molecule has 2 heterocycles. The Bertz CT molecular complexity index is 561. The second-order valence-electron chi connectivity index (χ2n) is 3.05. The lowest BCUT2D eigenvalue weighted by molar-refractivity contribution is -0.385. The summed E-state index contributed by atoms with van der Waals surface area (Å²) in [6, 6.07) is 0.849. The smallest absolute Gasteiger partial charge is 0.346 e. The minimum absolute atomic E-state index is 0.0297. The summed E-state index contributed by atoms with van der Waals surface area (Å²) >= 11 is 0. The van der Waals surface area contributed by atoms with E-state index in [2.05, 4.69) is 9.97 Å². The number of alkyl halides is 3. The molecule has 0 aliphatic rings. The zero-order valence-corrected chi connectivity index (χ0v) is 7.58. The summed E-state index contributed by atoms with van der Waals surface area (Å²) in [5, 5.41) is 10.1. The molecule has 0 atom stereocenters. The van der Waals surface area contributed by atoms with E-state index >= 15 is 0 Å². The first-order valence-electron chi connectivity index (χ1n) is 4.08. The van der Waals surface area contributed by atoms with Crippen LogP contribution in [0, 0.1) is 10.1 Å². The molecule has 0 bridgehead atoms. The van der Waals surface area contributed by atoms with Crippen LogP contribution in [0.1, 0.15) is 5.56 Å². The van der Waals surface area contributed by atoms with Crippen LogP contribution >= 0.6 is 0 Å². The number of aromatic nitrogens is 2. The molecule has 0 saturated heterocycles. The molecule has 16 heavy (non-hydrogen) atoms. The highest BCUT2D eigenvalue weighted by atomic mass is 19.4. The molecule has 5 nitrogen and oxygen atoms in total. The number of nitro groups is 1. The van der Waals surface area contributed by atoms with E-state index in [0.717, 1.165) is 18.5 Å². The molecule has 84 valence electrons. The van der Waals surface area contributed by atoms with Gasteiger partial charge in [0.15, 0.2) is 0 Å². The third-order valence-corrected chi connectivity index (χ3v) is 2.03. The van der Waals surface area contributed by atoms with Gasteiger partial charge in [-0.25, -0.2) is 4.98 Å². The number of aromatic amines is 1. The molecule has 0 aliphatic heterocycles. The molecule has 0 saturated carbocycles. The van der Waals surface area contributed by atoms with E-state index < -0.39 is 22.4 Å². The third-order valence-electron chi connectivity index (χ3n) is 2.03. The first kappa shape index (κ1) is 10.4. The van der Waals surface area contributed by atoms with Crippen molar-refractivity contribution in [2.45, 2.75) is 6.18 Å². The molecule has 1 N–H and O–H groups in total. The van der Waals surface area contributed by atoms with Crippen molar-refractivity contribution in [2.24, 2.45) is 0 Å². The number of rotatable bonds is 1. The summed E-state index contributed by atoms with van der Waals surface area (Å²) in [6.07, 6.45) is -2.92. The standard InChI is InChI=1S/C8H4F3N3O2/c9-8(10,11)6-3-13-7-5(6)1-4(2-12-7)14(15)16/h1-3H,(H,12,13). The molecule has 0 aliphatic carbocycles. The van der Waals surface area contributed by atoms with E-state index in [1.807, 2.05) is 0 Å². The van der Waals surface area contributed by atoms with Crippen molar-refractivity contribution in [1.29, 1.82) is 0 Å². The zero-order chi connectivity index (χ0) is 11.9. The molecule has 0 amide bonds. The molecule has 2 aromatic rings. The monoisotopic (exact) mass is 231 g/mol. The summed E-state index contributed by atoms with van der Waals surface area (Å²) in [5.74, 6) is 0. The quantitative estimate of drug-likeness (QED) is 0.605. The van der Waals surface area contributed by atoms with Crippen molar-refractivity contribution in [3.05, 3.63) is 34.1 Å². The molecule has 0 spiro atoms. The van der Waals surface area contributed by atoms with Crippen molar-refractivity contribution in [3.8, 4) is 0 Å². The summed E-state index contributed by atoms with van der Waals surface area (Å²) in [4.78, 5) is 15.5. The molecule has 2 rings (SSSR count). The molecule has 2 aromatic heterocycles. The first-order chi connectivity index (χ1) is 7.39. The maximum absolute atomic E-state index is 12.5. The molecule has 0 aromatic carbocycles. The van der Waals surface area contributed by atoms with Crippen LogP contribution in [0.15, 0.2) is 18.5 Å². The van der Waals surface area contributed by atoms with Gasteiger partial charge in [-0.2, -0.15) is 13.2 Å². The predicted octanol–water partition coefficient (Wildman–Crippen LogP) is 2.49. The van der Waals surface area contributed by atoms with Crippen LogP contribution in [0.5, 0.6) is 0 Å². The lowest BCUT2D eigenvalue weighted by Crippen LogP contribution is -2.03. The molecule has 0 radical (unpaired) electrons. The Kier molecular flexibility index (Phi) is 2.07. The Morgan fingerprint density at radius 3 is 2.69 bits per heavy atom. The van der Waals surface area contributed by atoms with Crippen molar-refractivity contribution in [1.82, 2.24) is 9.97 Å². The Hall–Kier alpha value is -2.12. The Balaban J connectivity index is 2.70. The molecule has 0 unspecified atom stereocenters. The Morgan fingerprint density at radius 1 is 1.44 bits per heavy atom. The number of hydrogen-bond acceptors (Lipinski definition) is 3. The van der Waals surface area contributed by atoms with E-state index in [0.29, 0.717) is 0 Å². The summed E-state index contributed by atoms with van der Waals surface area (Å²) in [5.41, 5.74) is -1.46. The number of H-pyrrole nitrogens is 1. The van der Waals surface area contributed by atoms with Crippen LogP contribution in [-0.2, 0) is 6.18 Å². The van der Waals surface area contributed by atoms with Crippen molar-refractivity contribution >= 4 is 16.7 Å². The van der Waals surface area contributed by atoms with Gasteiger partial charge in [-0.3, -0.25) is 10.1 Å². The van der Waals surface area contributed by atoms with Gasteiger partial charge in [-0.05, 0) is 0 Å². The van der Waals surface area contributed by atoms with E-state index in [1.54, 1.807) is 0 Å². The van der Waals surface area contributed by atoms with E-state index in [9.17, 15) is 23.3 Å². The second-order valence-corrected chi connectivity index (χ2v) is 3.05. The summed E-state index contributed by atoms with van der Waals surface area (Å²) in [6.45, 7) is 0. The van der Waals surface area contributed by atoms with Crippen LogP contribution in [0.3, 0.4) is 0 Å². The van der Waals surface area contributed by atoms with Gasteiger partial charge >= 0.3 is 6.18 Å². The van der Waals surface area contributed by atoms with Crippen molar-refractivity contribution < 1.29 is 18.1 Å². The maximum Gasteiger partial charge on any atom is 0.418 e. The fourth-order valence-corrected chi connectivity index (χ4v) is 1.33. The molecule has 0 fully saturated rings. The highest BCUT2D eigenvalue weighted by Gasteiger charge is 2.34. The maximum atomic E-state index is 12.5. The SMILES string of the molecule is O=[N+]([O-])c1cnc2[nH]cc(C(F)(F)F)c2c1. The zero-order valence-electron chi connectivity index (χ0n) is 7.58. The molecular weight excluding hydrogens is 227 g/mol. The summed E-state index contributed by atoms with van der Waals surface area (Å²) in [7, 11) is 0. The number of halogens is 3. The number of nitrogens with zero attached hydrogens (tertiary/aromatic N) is 2. The van der Waals surface area contributed by atoms with E-state index in [-0.39, 0.29) is 11.0 Å². The highest BCUT2D eigenvalue weighted by molar-refractivity contribution is 5.82. The van der Waals surface area contributed by atoms with Crippen LogP contribution < -0.4 is 0 Å². The van der Waals surface area contributed by atoms with Gasteiger partial charge < -0.3 is 4.98 Å². The fraction of sp³-hybridized carbons (Fsp3) is 0.125. The lowest BCUT2D eigenvalue weighted by atomic mass is 10.2. The van der Waals surface area contributed by atoms with E-state index in [1.165, 1.54) is 0 Å². The van der Waals surface area contributed by atoms with Gasteiger partial charge in [0.1, 0.15) is 11.8 Å². The number of nitrogens with one attached hydrogen (secondary N) is 1. The average Bonchev–Trinajstić information content (AvgIpc) is 2.58. The molecular formula is C8H4F3N3O2. The van der Waals surface area contributed by atoms with Gasteiger partial charge in [0.25, 0.3) is 5.69 Å². The number of fused-ring (bicyclic) bond motifs is 1. The van der Waals surface area contributed by atoms with Crippen LogP contribution in [-0.4, -0.2) is 14.9 Å². The Labute approximate surface area is 86.1 Å². The second kappa shape index (κ2) is 3.19. The largest absolute Gasteiger partial charge is 0.418 e. The minimum Gasteiger partial charge on any atom is -0.346 e. The van der Waals surface area contributed by atoms with Gasteiger partial charge in [-0.1, -0.05) is 0 Å². The van der Waals surface area contributed by atoms with Crippen molar-refractivity contribution in [3.63, 3.8) is 0 Å². The van der Waals surface area contributed by atoms with Crippen LogP contribution in [0.25, 0.3) is 11.0 Å². The summed E-state index contributed by atoms with van der Waals surface area (Å²) < 4.78 is 37.4. The van der Waals surface area contributed by atoms with Crippen LogP contribution in [0.2, 0.25) is 0 Å². The van der Waals surface area contributed by atoms with Crippen molar-refractivity contribution in [2.75, 3.05) is 0 Å². The highest BCUT2D eigenvalue weighted by Crippen LogP contribution is 2.35. The lowest BCUT2D eigenvalue weighted by Gasteiger charge is -2.03. The van der Waals surface area contributed by atoms with E-state index in [4.69, 9.17) is 0 Å². The normalized spacial score (nSPS) is 11.9. The fourth-order valence-electron chi connectivity index (χ4n) is 1.33. The van der Waals surface area contributed by atoms with Gasteiger partial charge in [0, 0.05) is 17.6 Å². The van der Waals surface area contributed by atoms with Gasteiger partial charge in [0.05, 0.1) is 10.5 Å². The Morgan fingerprint density at radius 2 is 2.12 bits per heavy atom. The van der Waals surface area contributed by atoms with Crippen LogP contribution in [0.4, 0.5) is 18.9 Å². The minimum atomic E-state index is -4.56. The van der Waals surface area contributed by atoms with Gasteiger partial charge in [0.2, 0.25) is 0 Å².